The number of ether oxygens (including phenoxy) is 2. The molecule has 0 fully saturated rings. The molecular formula is C18H12ClN3O3S. The molecule has 26 heavy (non-hydrogen) atoms. The molecule has 130 valence electrons. The number of carbonyl (C=O) groups excluding carboxylic acids is 1. The molecule has 0 unspecified atom stereocenters. The van der Waals surface area contributed by atoms with Gasteiger partial charge in [0.05, 0.1) is 18.0 Å². The number of nitrogens with zero attached hydrogens (tertiary/aromatic N) is 3. The molecule has 0 aliphatic carbocycles. The Labute approximate surface area is 157 Å². The van der Waals surface area contributed by atoms with E-state index in [0.717, 1.165) is 22.2 Å². The standard InChI is InChI=1S/C18H12ClN3O3S/c1-24-15-8-11(19)6-7-13(15)17-12-4-2-3-5-14(12)22(21-17)18-20-16(9-26-18)25-10-23/h2-10H,1H3. The Kier molecular flexibility index (Phi) is 4.32. The van der Waals surface area contributed by atoms with Crippen molar-refractivity contribution in [2.45, 2.75) is 0 Å². The number of thiazole rings is 1. The van der Waals surface area contributed by atoms with Crippen molar-refractivity contribution in [1.29, 1.82) is 0 Å². The molecule has 6 nitrogen and oxygen atoms in total. The van der Waals surface area contributed by atoms with Crippen LogP contribution in [0.5, 0.6) is 11.6 Å². The molecule has 4 aromatic rings. The van der Waals surface area contributed by atoms with Gasteiger partial charge in [-0.15, -0.1) is 0 Å². The summed E-state index contributed by atoms with van der Waals surface area (Å²) in [6, 6.07) is 13.2. The molecule has 0 saturated carbocycles. The van der Waals surface area contributed by atoms with E-state index in [0.29, 0.717) is 22.4 Å². The van der Waals surface area contributed by atoms with Gasteiger partial charge in [0, 0.05) is 16.0 Å². The van der Waals surface area contributed by atoms with E-state index >= 15 is 0 Å². The predicted octanol–water partition coefficient (Wildman–Crippen LogP) is 4.35. The van der Waals surface area contributed by atoms with Crippen LogP contribution in [-0.2, 0) is 4.79 Å². The Morgan fingerprint density at radius 1 is 1.23 bits per heavy atom. The maximum absolute atomic E-state index is 10.5. The SMILES string of the molecule is COc1cc(Cl)ccc1-c1nn(-c2nc(OC=O)cs2)c2ccccc12. The van der Waals surface area contributed by atoms with Gasteiger partial charge >= 0.3 is 0 Å². The minimum Gasteiger partial charge on any atom is -0.496 e. The summed E-state index contributed by atoms with van der Waals surface area (Å²) in [5.41, 5.74) is 2.46. The highest BCUT2D eigenvalue weighted by Crippen LogP contribution is 2.37. The lowest BCUT2D eigenvalue weighted by atomic mass is 10.1. The first-order valence-corrected chi connectivity index (χ1v) is 8.85. The number of benzene rings is 2. The Bertz CT molecular complexity index is 1110. The van der Waals surface area contributed by atoms with Crippen molar-refractivity contribution in [2.75, 3.05) is 7.11 Å². The summed E-state index contributed by atoms with van der Waals surface area (Å²) in [6.07, 6.45) is 0. The molecule has 2 heterocycles. The first-order valence-electron chi connectivity index (χ1n) is 7.59. The van der Waals surface area contributed by atoms with Crippen LogP contribution in [0.15, 0.2) is 47.8 Å². The van der Waals surface area contributed by atoms with E-state index < -0.39 is 0 Å². The lowest BCUT2D eigenvalue weighted by molar-refractivity contribution is -0.120. The van der Waals surface area contributed by atoms with Crippen LogP contribution in [0.25, 0.3) is 27.3 Å². The van der Waals surface area contributed by atoms with Crippen molar-refractivity contribution in [3.8, 4) is 28.0 Å². The van der Waals surface area contributed by atoms with Crippen molar-refractivity contribution in [3.63, 3.8) is 0 Å². The second kappa shape index (κ2) is 6.78. The molecule has 0 radical (unpaired) electrons. The van der Waals surface area contributed by atoms with E-state index in [1.54, 1.807) is 29.3 Å². The predicted molar refractivity (Wildman–Crippen MR) is 100 cm³/mol. The molecule has 8 heteroatoms. The summed E-state index contributed by atoms with van der Waals surface area (Å²) in [5, 5.41) is 8.52. The maximum Gasteiger partial charge on any atom is 0.299 e. The van der Waals surface area contributed by atoms with Gasteiger partial charge in [0.1, 0.15) is 11.4 Å². The van der Waals surface area contributed by atoms with Crippen LogP contribution < -0.4 is 9.47 Å². The van der Waals surface area contributed by atoms with Crippen LogP contribution in [0.2, 0.25) is 5.02 Å². The fourth-order valence-electron chi connectivity index (χ4n) is 2.72. The third kappa shape index (κ3) is 2.81. The van der Waals surface area contributed by atoms with Gasteiger partial charge in [-0.3, -0.25) is 4.79 Å². The van der Waals surface area contributed by atoms with E-state index in [1.165, 1.54) is 11.3 Å². The first-order chi connectivity index (χ1) is 12.7. The van der Waals surface area contributed by atoms with E-state index in [2.05, 4.69) is 4.98 Å². The number of halogens is 1. The van der Waals surface area contributed by atoms with Gasteiger partial charge in [0.15, 0.2) is 0 Å². The third-order valence-corrected chi connectivity index (χ3v) is 4.86. The van der Waals surface area contributed by atoms with Gasteiger partial charge in [0.2, 0.25) is 11.0 Å². The molecule has 0 aliphatic heterocycles. The van der Waals surface area contributed by atoms with E-state index in [1.807, 2.05) is 30.3 Å². The molecule has 0 atom stereocenters. The largest absolute Gasteiger partial charge is 0.496 e. The van der Waals surface area contributed by atoms with Crippen molar-refractivity contribution in [2.24, 2.45) is 0 Å². The van der Waals surface area contributed by atoms with Gasteiger partial charge in [-0.1, -0.05) is 41.1 Å². The minimum absolute atomic E-state index is 0.241. The van der Waals surface area contributed by atoms with Gasteiger partial charge in [-0.2, -0.15) is 10.1 Å². The third-order valence-electron chi connectivity index (χ3n) is 3.83. The summed E-state index contributed by atoms with van der Waals surface area (Å²) in [7, 11) is 1.60. The Hall–Kier alpha value is -2.90. The molecule has 0 saturated heterocycles. The Morgan fingerprint density at radius 3 is 2.88 bits per heavy atom. The summed E-state index contributed by atoms with van der Waals surface area (Å²) in [6.45, 7) is 0.351. The van der Waals surface area contributed by atoms with Crippen molar-refractivity contribution in [1.82, 2.24) is 14.8 Å². The number of hydrogen-bond acceptors (Lipinski definition) is 6. The van der Waals surface area contributed by atoms with E-state index in [4.69, 9.17) is 26.2 Å². The highest BCUT2D eigenvalue weighted by atomic mass is 35.5. The topological polar surface area (TPSA) is 66.2 Å². The van der Waals surface area contributed by atoms with E-state index in [-0.39, 0.29) is 5.88 Å². The van der Waals surface area contributed by atoms with Gasteiger partial charge in [-0.05, 0) is 24.3 Å². The molecule has 0 N–H and O–H groups in total. The Balaban J connectivity index is 1.93. The van der Waals surface area contributed by atoms with Crippen LogP contribution in [-0.4, -0.2) is 28.3 Å². The van der Waals surface area contributed by atoms with Gasteiger partial charge in [0.25, 0.3) is 6.47 Å². The average molecular weight is 386 g/mol. The highest BCUT2D eigenvalue weighted by molar-refractivity contribution is 7.12. The molecule has 0 amide bonds. The summed E-state index contributed by atoms with van der Waals surface area (Å²) < 4.78 is 12.0. The summed E-state index contributed by atoms with van der Waals surface area (Å²) in [5.74, 6) is 0.877. The Morgan fingerprint density at radius 2 is 2.08 bits per heavy atom. The fraction of sp³-hybridized carbons (Fsp3) is 0.0556. The second-order valence-electron chi connectivity index (χ2n) is 5.30. The highest BCUT2D eigenvalue weighted by Gasteiger charge is 2.18. The van der Waals surface area contributed by atoms with Crippen LogP contribution in [0.3, 0.4) is 0 Å². The number of carbonyl (C=O) groups is 1. The maximum atomic E-state index is 10.5. The number of aromatic nitrogens is 3. The second-order valence-corrected chi connectivity index (χ2v) is 6.58. The number of methoxy groups -OCH3 is 1. The van der Waals surface area contributed by atoms with Crippen LogP contribution in [0.4, 0.5) is 0 Å². The van der Waals surface area contributed by atoms with Crippen molar-refractivity contribution >= 4 is 40.3 Å². The zero-order chi connectivity index (χ0) is 18.1. The summed E-state index contributed by atoms with van der Waals surface area (Å²) >= 11 is 7.41. The smallest absolute Gasteiger partial charge is 0.299 e. The summed E-state index contributed by atoms with van der Waals surface area (Å²) in [4.78, 5) is 14.8. The van der Waals surface area contributed by atoms with Crippen molar-refractivity contribution in [3.05, 3.63) is 52.9 Å². The zero-order valence-corrected chi connectivity index (χ0v) is 15.1. The average Bonchev–Trinajstić information content (AvgIpc) is 3.26. The van der Waals surface area contributed by atoms with E-state index in [9.17, 15) is 4.79 Å². The van der Waals surface area contributed by atoms with Crippen molar-refractivity contribution < 1.29 is 14.3 Å². The molecular weight excluding hydrogens is 374 g/mol. The molecule has 4 rings (SSSR count). The molecule has 0 bridgehead atoms. The van der Waals surface area contributed by atoms with Crippen LogP contribution >= 0.6 is 22.9 Å². The number of rotatable bonds is 5. The first kappa shape index (κ1) is 16.6. The fourth-order valence-corrected chi connectivity index (χ4v) is 3.58. The molecule has 0 spiro atoms. The monoisotopic (exact) mass is 385 g/mol. The molecule has 0 aliphatic rings. The molecule has 2 aromatic carbocycles. The zero-order valence-electron chi connectivity index (χ0n) is 13.5. The number of para-hydroxylation sites is 1. The lowest BCUT2D eigenvalue weighted by Crippen LogP contribution is -1.97. The number of fused-ring (bicyclic) bond motifs is 1. The van der Waals surface area contributed by atoms with Crippen LogP contribution in [0.1, 0.15) is 0 Å². The van der Waals surface area contributed by atoms with Crippen LogP contribution in [0, 0.1) is 0 Å². The van der Waals surface area contributed by atoms with Gasteiger partial charge < -0.3 is 9.47 Å². The quantitative estimate of drug-likeness (QED) is 0.478. The minimum atomic E-state index is 0.241. The normalized spacial score (nSPS) is 10.8. The van der Waals surface area contributed by atoms with Gasteiger partial charge in [-0.25, -0.2) is 4.68 Å². The number of hydrogen-bond donors (Lipinski definition) is 0. The lowest BCUT2D eigenvalue weighted by Gasteiger charge is -2.07. The molecule has 2 aromatic heterocycles.